The maximum atomic E-state index is 13.5. The Kier molecular flexibility index (Phi) is 3.82. The van der Waals surface area contributed by atoms with Crippen LogP contribution in [0.25, 0.3) is 0 Å². The zero-order valence-electron chi connectivity index (χ0n) is 10.8. The van der Waals surface area contributed by atoms with Crippen LogP contribution in [0.1, 0.15) is 21.9 Å². The van der Waals surface area contributed by atoms with Crippen LogP contribution in [0.3, 0.4) is 0 Å². The molecule has 0 aliphatic carbocycles. The summed E-state index contributed by atoms with van der Waals surface area (Å²) in [5.41, 5.74) is 0.0797. The number of carbonyl (C=O) groups is 1. The SMILES string of the molecule is Cc1oc(C(=O)O)cc1CS(=O)(=O)c1cc(F)ccc1F. The van der Waals surface area contributed by atoms with Crippen LogP contribution in [-0.4, -0.2) is 19.5 Å². The normalized spacial score (nSPS) is 11.6. The van der Waals surface area contributed by atoms with E-state index in [0.717, 1.165) is 12.1 Å². The van der Waals surface area contributed by atoms with Crippen LogP contribution in [0.15, 0.2) is 33.6 Å². The first kappa shape index (κ1) is 15.2. The lowest BCUT2D eigenvalue weighted by Crippen LogP contribution is -2.08. The van der Waals surface area contributed by atoms with Gasteiger partial charge in [0.05, 0.1) is 5.75 Å². The van der Waals surface area contributed by atoms with Crippen LogP contribution in [0.4, 0.5) is 8.78 Å². The third-order valence-electron chi connectivity index (χ3n) is 2.81. The molecule has 0 spiro atoms. The van der Waals surface area contributed by atoms with Crippen molar-refractivity contribution < 1.29 is 31.5 Å². The molecule has 0 aliphatic heterocycles. The van der Waals surface area contributed by atoms with Gasteiger partial charge in [-0.05, 0) is 31.2 Å². The van der Waals surface area contributed by atoms with Crippen LogP contribution in [-0.2, 0) is 15.6 Å². The van der Waals surface area contributed by atoms with Crippen molar-refractivity contribution >= 4 is 15.8 Å². The second kappa shape index (κ2) is 5.28. The minimum absolute atomic E-state index is 0.0797. The van der Waals surface area contributed by atoms with Crippen molar-refractivity contribution in [1.29, 1.82) is 0 Å². The maximum Gasteiger partial charge on any atom is 0.371 e. The number of sulfone groups is 1. The van der Waals surface area contributed by atoms with E-state index in [2.05, 4.69) is 0 Å². The smallest absolute Gasteiger partial charge is 0.371 e. The van der Waals surface area contributed by atoms with Gasteiger partial charge < -0.3 is 9.52 Å². The highest BCUT2D eigenvalue weighted by Crippen LogP contribution is 2.24. The standard InChI is InChI=1S/C13H10F2O5S/c1-7-8(4-11(20-7)13(16)17)6-21(18,19)12-5-9(14)2-3-10(12)15/h2-5H,6H2,1H3,(H,16,17). The van der Waals surface area contributed by atoms with Crippen LogP contribution < -0.4 is 0 Å². The Balaban J connectivity index is 2.42. The maximum absolute atomic E-state index is 13.5. The number of aryl methyl sites for hydroxylation is 1. The van der Waals surface area contributed by atoms with E-state index in [4.69, 9.17) is 9.52 Å². The fourth-order valence-electron chi connectivity index (χ4n) is 1.77. The topological polar surface area (TPSA) is 84.6 Å². The number of carboxylic acids is 1. The van der Waals surface area contributed by atoms with Gasteiger partial charge in [0.2, 0.25) is 5.76 Å². The zero-order valence-corrected chi connectivity index (χ0v) is 11.6. The van der Waals surface area contributed by atoms with E-state index < -0.39 is 43.8 Å². The van der Waals surface area contributed by atoms with Crippen molar-refractivity contribution in [3.05, 3.63) is 53.0 Å². The van der Waals surface area contributed by atoms with Gasteiger partial charge >= 0.3 is 5.97 Å². The number of benzene rings is 1. The molecule has 1 N–H and O–H groups in total. The van der Waals surface area contributed by atoms with Crippen molar-refractivity contribution in [1.82, 2.24) is 0 Å². The summed E-state index contributed by atoms with van der Waals surface area (Å²) in [6.07, 6.45) is 0. The molecule has 1 aromatic heterocycles. The van der Waals surface area contributed by atoms with Gasteiger partial charge in [0.1, 0.15) is 22.3 Å². The van der Waals surface area contributed by atoms with E-state index in [-0.39, 0.29) is 11.3 Å². The monoisotopic (exact) mass is 316 g/mol. The van der Waals surface area contributed by atoms with Crippen LogP contribution in [0.5, 0.6) is 0 Å². The van der Waals surface area contributed by atoms with Gasteiger partial charge in [-0.3, -0.25) is 0 Å². The Hall–Kier alpha value is -2.22. The molecule has 0 aliphatic rings. The molecule has 0 fully saturated rings. The summed E-state index contributed by atoms with van der Waals surface area (Å²) < 4.78 is 55.7. The summed E-state index contributed by atoms with van der Waals surface area (Å²) in [7, 11) is -4.17. The average Bonchev–Trinajstić information content (AvgIpc) is 2.73. The summed E-state index contributed by atoms with van der Waals surface area (Å²) >= 11 is 0. The summed E-state index contributed by atoms with van der Waals surface area (Å²) in [6, 6.07) is 3.15. The number of rotatable bonds is 4. The van der Waals surface area contributed by atoms with Crippen molar-refractivity contribution in [2.45, 2.75) is 17.6 Å². The van der Waals surface area contributed by atoms with Gasteiger partial charge in [-0.2, -0.15) is 0 Å². The molecule has 112 valence electrons. The van der Waals surface area contributed by atoms with E-state index in [9.17, 15) is 22.0 Å². The van der Waals surface area contributed by atoms with E-state index in [0.29, 0.717) is 12.1 Å². The van der Waals surface area contributed by atoms with Gasteiger partial charge in [0, 0.05) is 5.56 Å². The Labute approximate surface area is 118 Å². The number of hydrogen-bond donors (Lipinski definition) is 1. The molecular formula is C13H10F2O5S. The Morgan fingerprint density at radius 2 is 1.95 bits per heavy atom. The molecule has 0 saturated heterocycles. The van der Waals surface area contributed by atoms with E-state index in [1.807, 2.05) is 0 Å². The molecule has 2 aromatic rings. The van der Waals surface area contributed by atoms with Crippen LogP contribution in [0.2, 0.25) is 0 Å². The number of furan rings is 1. The van der Waals surface area contributed by atoms with Crippen molar-refractivity contribution in [2.75, 3.05) is 0 Å². The predicted molar refractivity (Wildman–Crippen MR) is 67.7 cm³/mol. The summed E-state index contributed by atoms with van der Waals surface area (Å²) in [5, 5.41) is 8.77. The van der Waals surface area contributed by atoms with E-state index in [1.165, 1.54) is 6.92 Å². The molecule has 21 heavy (non-hydrogen) atoms. The minimum Gasteiger partial charge on any atom is -0.475 e. The quantitative estimate of drug-likeness (QED) is 0.937. The second-order valence-corrected chi connectivity index (χ2v) is 6.29. The third-order valence-corrected chi connectivity index (χ3v) is 4.48. The molecule has 2 rings (SSSR count). The molecule has 1 heterocycles. The minimum atomic E-state index is -4.17. The molecule has 0 amide bonds. The van der Waals surface area contributed by atoms with Gasteiger partial charge in [0.15, 0.2) is 9.84 Å². The first-order valence-corrected chi connectivity index (χ1v) is 7.36. The van der Waals surface area contributed by atoms with E-state index in [1.54, 1.807) is 0 Å². The molecule has 0 bridgehead atoms. The fourth-order valence-corrected chi connectivity index (χ4v) is 3.28. The molecule has 0 unspecified atom stereocenters. The number of carboxylic acid groups (broad SMARTS) is 1. The second-order valence-electron chi connectivity index (χ2n) is 4.33. The molecular weight excluding hydrogens is 306 g/mol. The first-order chi connectivity index (χ1) is 9.70. The number of halogens is 2. The van der Waals surface area contributed by atoms with Gasteiger partial charge in [-0.15, -0.1) is 0 Å². The van der Waals surface area contributed by atoms with E-state index >= 15 is 0 Å². The molecule has 8 heteroatoms. The lowest BCUT2D eigenvalue weighted by atomic mass is 10.3. The van der Waals surface area contributed by atoms with Crippen LogP contribution >= 0.6 is 0 Å². The van der Waals surface area contributed by atoms with Crippen LogP contribution in [0, 0.1) is 18.6 Å². The van der Waals surface area contributed by atoms with Crippen molar-refractivity contribution in [3.8, 4) is 0 Å². The lowest BCUT2D eigenvalue weighted by Gasteiger charge is -2.05. The van der Waals surface area contributed by atoms with Gasteiger partial charge in [-0.25, -0.2) is 22.0 Å². The summed E-state index contributed by atoms with van der Waals surface area (Å²) in [4.78, 5) is 9.97. The molecule has 0 saturated carbocycles. The predicted octanol–water partition coefficient (Wildman–Crippen LogP) is 2.54. The van der Waals surface area contributed by atoms with Gasteiger partial charge in [-0.1, -0.05) is 0 Å². The highest BCUT2D eigenvalue weighted by molar-refractivity contribution is 7.90. The fraction of sp³-hybridized carbons (Fsp3) is 0.154. The molecule has 5 nitrogen and oxygen atoms in total. The highest BCUT2D eigenvalue weighted by atomic mass is 32.2. The lowest BCUT2D eigenvalue weighted by molar-refractivity contribution is 0.0661. The molecule has 0 radical (unpaired) electrons. The zero-order chi connectivity index (χ0) is 15.8. The van der Waals surface area contributed by atoms with Gasteiger partial charge in [0.25, 0.3) is 0 Å². The van der Waals surface area contributed by atoms with Crippen molar-refractivity contribution in [2.24, 2.45) is 0 Å². The highest BCUT2D eigenvalue weighted by Gasteiger charge is 2.24. The Bertz CT molecular complexity index is 808. The largest absolute Gasteiger partial charge is 0.475 e. The molecule has 0 atom stereocenters. The Morgan fingerprint density at radius 1 is 1.29 bits per heavy atom. The number of hydrogen-bond acceptors (Lipinski definition) is 4. The summed E-state index contributed by atoms with van der Waals surface area (Å²) in [6.45, 7) is 1.39. The third kappa shape index (κ3) is 3.10. The average molecular weight is 316 g/mol. The van der Waals surface area contributed by atoms with Crippen molar-refractivity contribution in [3.63, 3.8) is 0 Å². The number of aromatic carboxylic acids is 1. The first-order valence-electron chi connectivity index (χ1n) is 5.71. The molecule has 1 aromatic carbocycles. The summed E-state index contributed by atoms with van der Waals surface area (Å²) in [5.74, 6) is -4.32. The Morgan fingerprint density at radius 3 is 2.52 bits per heavy atom.